The lowest BCUT2D eigenvalue weighted by atomic mass is 9.99. The molecule has 1 fully saturated rings. The van der Waals surface area contributed by atoms with Crippen molar-refractivity contribution >= 4 is 21.6 Å². The second kappa shape index (κ2) is 6.63. The number of hydrogen-bond acceptors (Lipinski definition) is 2. The van der Waals surface area contributed by atoms with Gasteiger partial charge in [-0.1, -0.05) is 29.8 Å². The van der Waals surface area contributed by atoms with Crippen LogP contribution >= 0.6 is 11.6 Å². The molecule has 0 saturated carbocycles. The van der Waals surface area contributed by atoms with Gasteiger partial charge in [-0.05, 0) is 42.7 Å². The van der Waals surface area contributed by atoms with E-state index in [-0.39, 0.29) is 21.0 Å². The third-order valence-corrected chi connectivity index (χ3v) is 6.39. The molecule has 134 valence electrons. The van der Waals surface area contributed by atoms with E-state index in [2.05, 4.69) is 0 Å². The van der Waals surface area contributed by atoms with E-state index in [0.717, 1.165) is 18.9 Å². The third-order valence-electron chi connectivity index (χ3n) is 4.16. The number of sulfonamides is 1. The van der Waals surface area contributed by atoms with Gasteiger partial charge in [0.1, 0.15) is 0 Å². The summed E-state index contributed by atoms with van der Waals surface area (Å²) in [6, 6.07) is 8.94. The van der Waals surface area contributed by atoms with Gasteiger partial charge >= 0.3 is 6.18 Å². The molecule has 1 saturated heterocycles. The fourth-order valence-electron chi connectivity index (χ4n) is 2.92. The van der Waals surface area contributed by atoms with Gasteiger partial charge in [0, 0.05) is 23.7 Å². The van der Waals surface area contributed by atoms with Gasteiger partial charge in [0.25, 0.3) is 0 Å². The van der Waals surface area contributed by atoms with Crippen molar-refractivity contribution in [3.05, 3.63) is 53.1 Å². The van der Waals surface area contributed by atoms with E-state index in [9.17, 15) is 21.6 Å². The van der Waals surface area contributed by atoms with Crippen molar-refractivity contribution in [2.24, 2.45) is 0 Å². The summed E-state index contributed by atoms with van der Waals surface area (Å²) in [5.41, 5.74) is -0.782. The number of rotatable bonds is 3. The minimum absolute atomic E-state index is 0.0371. The van der Waals surface area contributed by atoms with Crippen LogP contribution in [0.25, 0.3) is 11.1 Å². The Morgan fingerprint density at radius 3 is 2.12 bits per heavy atom. The van der Waals surface area contributed by atoms with E-state index >= 15 is 0 Å². The molecule has 3 rings (SSSR count). The van der Waals surface area contributed by atoms with Crippen LogP contribution in [0.4, 0.5) is 13.2 Å². The number of benzene rings is 2. The quantitative estimate of drug-likeness (QED) is 0.755. The second-order valence-corrected chi connectivity index (χ2v) is 8.14. The molecule has 1 aliphatic rings. The largest absolute Gasteiger partial charge is 0.417 e. The van der Waals surface area contributed by atoms with Gasteiger partial charge in [-0.25, -0.2) is 8.42 Å². The highest BCUT2D eigenvalue weighted by atomic mass is 35.5. The van der Waals surface area contributed by atoms with E-state index in [4.69, 9.17) is 11.6 Å². The molecule has 8 heteroatoms. The first-order chi connectivity index (χ1) is 11.7. The van der Waals surface area contributed by atoms with Crippen molar-refractivity contribution in [1.29, 1.82) is 0 Å². The summed E-state index contributed by atoms with van der Waals surface area (Å²) < 4.78 is 66.1. The normalized spacial score (nSPS) is 16.3. The lowest BCUT2D eigenvalue weighted by Gasteiger charge is -2.17. The molecule has 2 aromatic rings. The van der Waals surface area contributed by atoms with Crippen LogP contribution in [0.5, 0.6) is 0 Å². The molecule has 0 aromatic heterocycles. The summed E-state index contributed by atoms with van der Waals surface area (Å²) in [7, 11) is -3.61. The van der Waals surface area contributed by atoms with Crippen LogP contribution in [0.2, 0.25) is 5.02 Å². The van der Waals surface area contributed by atoms with Gasteiger partial charge in [-0.15, -0.1) is 0 Å². The average Bonchev–Trinajstić information content (AvgIpc) is 3.09. The number of halogens is 4. The van der Waals surface area contributed by atoms with Crippen molar-refractivity contribution < 1.29 is 21.6 Å². The Bertz CT molecular complexity index is 874. The molecule has 0 unspecified atom stereocenters. The Kier molecular flexibility index (Phi) is 4.83. The maximum absolute atomic E-state index is 13.2. The van der Waals surface area contributed by atoms with Crippen molar-refractivity contribution in [3.8, 4) is 11.1 Å². The summed E-state index contributed by atoms with van der Waals surface area (Å²) >= 11 is 5.98. The minimum Gasteiger partial charge on any atom is -0.207 e. The molecule has 25 heavy (non-hydrogen) atoms. The van der Waals surface area contributed by atoms with Crippen LogP contribution in [0.15, 0.2) is 47.4 Å². The van der Waals surface area contributed by atoms with Crippen LogP contribution in [0.3, 0.4) is 0 Å². The number of hydrogen-bond donors (Lipinski definition) is 0. The van der Waals surface area contributed by atoms with Crippen LogP contribution in [0, 0.1) is 0 Å². The van der Waals surface area contributed by atoms with E-state index in [1.54, 1.807) is 0 Å². The van der Waals surface area contributed by atoms with Gasteiger partial charge in [-0.3, -0.25) is 0 Å². The monoisotopic (exact) mass is 389 g/mol. The van der Waals surface area contributed by atoms with E-state index in [0.29, 0.717) is 13.1 Å². The first-order valence-corrected chi connectivity index (χ1v) is 9.49. The van der Waals surface area contributed by atoms with Crippen molar-refractivity contribution in [2.75, 3.05) is 13.1 Å². The zero-order chi connectivity index (χ0) is 18.2. The first-order valence-electron chi connectivity index (χ1n) is 7.67. The SMILES string of the molecule is O=S(=O)(c1ccc(-c2c(Cl)cccc2C(F)(F)F)cc1)N1CCCC1. The first kappa shape index (κ1) is 18.2. The molecule has 0 N–H and O–H groups in total. The summed E-state index contributed by atoms with van der Waals surface area (Å²) in [6.45, 7) is 0.930. The number of nitrogens with zero attached hydrogens (tertiary/aromatic N) is 1. The van der Waals surface area contributed by atoms with Gasteiger partial charge in [-0.2, -0.15) is 17.5 Å². The number of alkyl halides is 3. The summed E-state index contributed by atoms with van der Waals surface area (Å²) in [6.07, 6.45) is -2.93. The molecule has 0 atom stereocenters. The Balaban J connectivity index is 2.02. The van der Waals surface area contributed by atoms with E-state index in [1.807, 2.05) is 0 Å². The summed E-state index contributed by atoms with van der Waals surface area (Å²) in [5, 5.41) is -0.0371. The third kappa shape index (κ3) is 3.54. The van der Waals surface area contributed by atoms with Gasteiger partial charge in [0.05, 0.1) is 10.5 Å². The maximum atomic E-state index is 13.2. The molecular formula is C17H15ClF3NO2S. The fraction of sp³-hybridized carbons (Fsp3) is 0.294. The highest BCUT2D eigenvalue weighted by Gasteiger charge is 2.34. The summed E-state index contributed by atoms with van der Waals surface area (Å²) in [5.74, 6) is 0. The maximum Gasteiger partial charge on any atom is 0.417 e. The predicted molar refractivity (Wildman–Crippen MR) is 89.9 cm³/mol. The summed E-state index contributed by atoms with van der Waals surface area (Å²) in [4.78, 5) is 0.0683. The zero-order valence-electron chi connectivity index (χ0n) is 13.1. The topological polar surface area (TPSA) is 37.4 Å². The van der Waals surface area contributed by atoms with Crippen molar-refractivity contribution in [2.45, 2.75) is 23.9 Å². The standard InChI is InChI=1S/C17H15ClF3NO2S/c18-15-5-3-4-14(17(19,20)21)16(15)12-6-8-13(9-7-12)25(23,24)22-10-1-2-11-22/h3-9H,1-2,10-11H2. The molecule has 0 amide bonds. The second-order valence-electron chi connectivity index (χ2n) is 5.80. The predicted octanol–water partition coefficient (Wildman–Crippen LogP) is 4.81. The van der Waals surface area contributed by atoms with Crippen LogP contribution < -0.4 is 0 Å². The van der Waals surface area contributed by atoms with Gasteiger partial charge in [0.2, 0.25) is 10.0 Å². The van der Waals surface area contributed by atoms with E-state index < -0.39 is 21.8 Å². The molecule has 1 aliphatic heterocycles. The molecule has 0 spiro atoms. The van der Waals surface area contributed by atoms with Gasteiger partial charge < -0.3 is 0 Å². The lowest BCUT2D eigenvalue weighted by Crippen LogP contribution is -2.27. The average molecular weight is 390 g/mol. The minimum atomic E-state index is -4.56. The van der Waals surface area contributed by atoms with Crippen LogP contribution in [-0.2, 0) is 16.2 Å². The molecule has 0 radical (unpaired) electrons. The Labute approximate surface area is 149 Å². The molecule has 2 aromatic carbocycles. The molecule has 0 aliphatic carbocycles. The highest BCUT2D eigenvalue weighted by molar-refractivity contribution is 7.89. The highest BCUT2D eigenvalue weighted by Crippen LogP contribution is 2.41. The Morgan fingerprint density at radius 1 is 0.960 bits per heavy atom. The van der Waals surface area contributed by atoms with E-state index in [1.165, 1.54) is 40.7 Å². The van der Waals surface area contributed by atoms with Crippen molar-refractivity contribution in [3.63, 3.8) is 0 Å². The van der Waals surface area contributed by atoms with Crippen LogP contribution in [0.1, 0.15) is 18.4 Å². The molecule has 3 nitrogen and oxygen atoms in total. The Morgan fingerprint density at radius 2 is 1.56 bits per heavy atom. The fourth-order valence-corrected chi connectivity index (χ4v) is 4.73. The Hall–Kier alpha value is -1.57. The lowest BCUT2D eigenvalue weighted by molar-refractivity contribution is -0.137. The zero-order valence-corrected chi connectivity index (χ0v) is 14.6. The molecule has 0 bridgehead atoms. The van der Waals surface area contributed by atoms with Gasteiger partial charge in [0.15, 0.2) is 0 Å². The molecular weight excluding hydrogens is 375 g/mol. The molecule has 1 heterocycles. The van der Waals surface area contributed by atoms with Crippen molar-refractivity contribution in [1.82, 2.24) is 4.31 Å². The van der Waals surface area contributed by atoms with Crippen LogP contribution in [-0.4, -0.2) is 25.8 Å². The smallest absolute Gasteiger partial charge is 0.207 e.